The van der Waals surface area contributed by atoms with E-state index in [9.17, 15) is 23.3 Å². The Morgan fingerprint density at radius 3 is 2.52 bits per heavy atom. The number of anilines is 1. The Kier molecular flexibility index (Phi) is 5.66. The van der Waals surface area contributed by atoms with Gasteiger partial charge in [0.2, 0.25) is 5.91 Å². The second kappa shape index (κ2) is 7.81. The van der Waals surface area contributed by atoms with Crippen molar-refractivity contribution in [3.63, 3.8) is 0 Å². The molecule has 1 unspecified atom stereocenters. The standard InChI is InChI=1S/C17H24N4O5S/c1-27(25,26)14-4-5-15(16(11-14)21(23)24)19-7-9-20(10-8-19)17(22)13-3-2-6-18-12-13/h4-5,11,13,18H,2-3,6-10,12H2,1H3. The van der Waals surface area contributed by atoms with Crippen molar-refractivity contribution in [1.29, 1.82) is 0 Å². The lowest BCUT2D eigenvalue weighted by Crippen LogP contribution is -2.52. The summed E-state index contributed by atoms with van der Waals surface area (Å²) < 4.78 is 23.4. The van der Waals surface area contributed by atoms with Gasteiger partial charge in [-0.25, -0.2) is 8.42 Å². The molecule has 0 aromatic heterocycles. The van der Waals surface area contributed by atoms with Crippen LogP contribution in [0.1, 0.15) is 12.8 Å². The quantitative estimate of drug-likeness (QED) is 0.587. The molecule has 0 saturated carbocycles. The first-order chi connectivity index (χ1) is 12.8. The smallest absolute Gasteiger partial charge is 0.293 e. The van der Waals surface area contributed by atoms with Gasteiger partial charge in [0.15, 0.2) is 9.84 Å². The Morgan fingerprint density at radius 1 is 1.26 bits per heavy atom. The molecule has 1 amide bonds. The number of hydrogen-bond acceptors (Lipinski definition) is 7. The van der Waals surface area contributed by atoms with Crippen LogP contribution in [-0.2, 0) is 14.6 Å². The van der Waals surface area contributed by atoms with Crippen LogP contribution >= 0.6 is 0 Å². The van der Waals surface area contributed by atoms with Crippen LogP contribution in [0.3, 0.4) is 0 Å². The molecule has 10 heteroatoms. The van der Waals surface area contributed by atoms with Crippen molar-refractivity contribution in [3.8, 4) is 0 Å². The molecule has 1 atom stereocenters. The second-order valence-electron chi connectivity index (χ2n) is 7.04. The number of nitrogens with one attached hydrogen (secondary N) is 1. The molecule has 3 rings (SSSR count). The SMILES string of the molecule is CS(=O)(=O)c1ccc(N2CCN(C(=O)C3CCCNC3)CC2)c([N+](=O)[O-])c1. The van der Waals surface area contributed by atoms with Gasteiger partial charge in [0.05, 0.1) is 15.7 Å². The van der Waals surface area contributed by atoms with E-state index in [0.717, 1.165) is 31.7 Å². The fraction of sp³-hybridized carbons (Fsp3) is 0.588. The van der Waals surface area contributed by atoms with Gasteiger partial charge in [0.25, 0.3) is 5.69 Å². The van der Waals surface area contributed by atoms with E-state index >= 15 is 0 Å². The van der Waals surface area contributed by atoms with Crippen LogP contribution in [-0.4, -0.2) is 69.7 Å². The molecule has 2 fully saturated rings. The number of nitro groups is 1. The highest BCUT2D eigenvalue weighted by Gasteiger charge is 2.30. The summed E-state index contributed by atoms with van der Waals surface area (Å²) in [6, 6.07) is 3.98. The summed E-state index contributed by atoms with van der Waals surface area (Å²) in [5.74, 6) is 0.150. The summed E-state index contributed by atoms with van der Waals surface area (Å²) >= 11 is 0. The third kappa shape index (κ3) is 4.38. The van der Waals surface area contributed by atoms with Crippen molar-refractivity contribution in [1.82, 2.24) is 10.2 Å². The summed E-state index contributed by atoms with van der Waals surface area (Å²) in [7, 11) is -3.52. The average molecular weight is 396 g/mol. The minimum Gasteiger partial charge on any atom is -0.362 e. The molecule has 1 N–H and O–H groups in total. The van der Waals surface area contributed by atoms with E-state index in [0.29, 0.717) is 38.4 Å². The Labute approximate surface area is 158 Å². The predicted molar refractivity (Wildman–Crippen MR) is 101 cm³/mol. The lowest BCUT2D eigenvalue weighted by molar-refractivity contribution is -0.384. The molecule has 1 aromatic carbocycles. The van der Waals surface area contributed by atoms with Crippen LogP contribution in [0.15, 0.2) is 23.1 Å². The van der Waals surface area contributed by atoms with Gasteiger partial charge in [-0.2, -0.15) is 0 Å². The Bertz CT molecular complexity index is 828. The molecule has 0 aliphatic carbocycles. The van der Waals surface area contributed by atoms with Gasteiger partial charge in [0.1, 0.15) is 5.69 Å². The zero-order chi connectivity index (χ0) is 19.6. The van der Waals surface area contributed by atoms with Crippen LogP contribution in [0.5, 0.6) is 0 Å². The maximum absolute atomic E-state index is 12.6. The van der Waals surface area contributed by atoms with E-state index in [-0.39, 0.29) is 22.4 Å². The number of nitrogens with zero attached hydrogens (tertiary/aromatic N) is 3. The zero-order valence-corrected chi connectivity index (χ0v) is 16.1. The van der Waals surface area contributed by atoms with Crippen molar-refractivity contribution >= 4 is 27.1 Å². The number of nitro benzene ring substituents is 1. The number of hydrogen-bond donors (Lipinski definition) is 1. The largest absolute Gasteiger partial charge is 0.362 e. The Hall–Kier alpha value is -2.20. The third-order valence-corrected chi connectivity index (χ3v) is 6.26. The molecule has 2 aliphatic heterocycles. The van der Waals surface area contributed by atoms with Gasteiger partial charge in [0, 0.05) is 45.0 Å². The molecule has 2 aliphatic rings. The first-order valence-electron chi connectivity index (χ1n) is 9.00. The van der Waals surface area contributed by atoms with Gasteiger partial charge >= 0.3 is 0 Å². The number of piperidine rings is 1. The number of carbonyl (C=O) groups is 1. The topological polar surface area (TPSA) is 113 Å². The van der Waals surface area contributed by atoms with Gasteiger partial charge in [-0.05, 0) is 31.5 Å². The molecule has 27 heavy (non-hydrogen) atoms. The monoisotopic (exact) mass is 396 g/mol. The molecular weight excluding hydrogens is 372 g/mol. The van der Waals surface area contributed by atoms with Crippen molar-refractivity contribution in [2.75, 3.05) is 50.4 Å². The van der Waals surface area contributed by atoms with Gasteiger partial charge in [-0.3, -0.25) is 14.9 Å². The molecule has 0 spiro atoms. The lowest BCUT2D eigenvalue weighted by atomic mass is 9.98. The van der Waals surface area contributed by atoms with Gasteiger partial charge in [-0.1, -0.05) is 0 Å². The number of piperazine rings is 1. The van der Waals surface area contributed by atoms with Crippen molar-refractivity contribution in [2.45, 2.75) is 17.7 Å². The Morgan fingerprint density at radius 2 is 1.96 bits per heavy atom. The van der Waals surface area contributed by atoms with Crippen molar-refractivity contribution in [3.05, 3.63) is 28.3 Å². The average Bonchev–Trinajstić information content (AvgIpc) is 2.67. The summed E-state index contributed by atoms with van der Waals surface area (Å²) in [5.41, 5.74) is 0.160. The first-order valence-corrected chi connectivity index (χ1v) is 10.9. The molecule has 2 saturated heterocycles. The molecule has 2 heterocycles. The van der Waals surface area contributed by atoms with Gasteiger partial charge < -0.3 is 15.1 Å². The summed E-state index contributed by atoms with van der Waals surface area (Å²) in [6.07, 6.45) is 2.91. The minimum atomic E-state index is -3.52. The van der Waals surface area contributed by atoms with E-state index in [2.05, 4.69) is 5.32 Å². The minimum absolute atomic E-state index is 0.00804. The predicted octanol–water partition coefficient (Wildman–Crippen LogP) is 0.647. The number of amides is 1. The highest BCUT2D eigenvalue weighted by atomic mass is 32.2. The highest BCUT2D eigenvalue weighted by Crippen LogP contribution is 2.31. The maximum atomic E-state index is 12.6. The number of benzene rings is 1. The molecule has 9 nitrogen and oxygen atoms in total. The molecule has 0 radical (unpaired) electrons. The molecule has 1 aromatic rings. The highest BCUT2D eigenvalue weighted by molar-refractivity contribution is 7.90. The van der Waals surface area contributed by atoms with E-state index in [1.165, 1.54) is 12.1 Å². The van der Waals surface area contributed by atoms with Crippen LogP contribution < -0.4 is 10.2 Å². The summed E-state index contributed by atoms with van der Waals surface area (Å²) in [4.78, 5) is 27.1. The third-order valence-electron chi connectivity index (χ3n) is 5.15. The van der Waals surface area contributed by atoms with Crippen molar-refractivity contribution < 1.29 is 18.1 Å². The van der Waals surface area contributed by atoms with Crippen molar-refractivity contribution in [2.24, 2.45) is 5.92 Å². The molecular formula is C17H24N4O5S. The second-order valence-corrected chi connectivity index (χ2v) is 9.05. The zero-order valence-electron chi connectivity index (χ0n) is 15.3. The van der Waals surface area contributed by atoms with Crippen LogP contribution in [0.4, 0.5) is 11.4 Å². The van der Waals surface area contributed by atoms with Crippen LogP contribution in [0.2, 0.25) is 0 Å². The number of sulfone groups is 1. The molecule has 0 bridgehead atoms. The first kappa shape index (κ1) is 19.6. The lowest BCUT2D eigenvalue weighted by Gasteiger charge is -2.38. The summed E-state index contributed by atoms with van der Waals surface area (Å²) in [6.45, 7) is 3.61. The number of rotatable bonds is 4. The van der Waals surface area contributed by atoms with E-state index in [1.807, 2.05) is 9.80 Å². The fourth-order valence-corrected chi connectivity index (χ4v) is 4.28. The summed E-state index contributed by atoms with van der Waals surface area (Å²) in [5, 5.41) is 14.7. The van der Waals surface area contributed by atoms with E-state index in [1.54, 1.807) is 0 Å². The normalized spacial score (nSPS) is 21.1. The maximum Gasteiger partial charge on any atom is 0.293 e. The fourth-order valence-electron chi connectivity index (χ4n) is 3.64. The van der Waals surface area contributed by atoms with Crippen LogP contribution in [0, 0.1) is 16.0 Å². The van der Waals surface area contributed by atoms with E-state index in [4.69, 9.17) is 0 Å². The van der Waals surface area contributed by atoms with E-state index < -0.39 is 14.8 Å². The Balaban J connectivity index is 1.72. The van der Waals surface area contributed by atoms with Crippen LogP contribution in [0.25, 0.3) is 0 Å². The molecule has 148 valence electrons. The number of carbonyl (C=O) groups excluding carboxylic acids is 1. The van der Waals surface area contributed by atoms with Gasteiger partial charge in [-0.15, -0.1) is 0 Å².